The highest BCUT2D eigenvalue weighted by Gasteiger charge is 2.16. The molecule has 0 N–H and O–H groups in total. The minimum absolute atomic E-state index is 0.308. The van der Waals surface area contributed by atoms with E-state index in [9.17, 15) is 0 Å². The van der Waals surface area contributed by atoms with Gasteiger partial charge < -0.3 is 4.74 Å². The molecule has 3 rings (SSSR count). The van der Waals surface area contributed by atoms with Crippen LogP contribution in [0.3, 0.4) is 0 Å². The third-order valence-corrected chi connectivity index (χ3v) is 4.02. The van der Waals surface area contributed by atoms with Gasteiger partial charge in [0.25, 0.3) is 0 Å². The topological polar surface area (TPSA) is 76.6 Å². The smallest absolute Gasteiger partial charge is 0.197 e. The van der Waals surface area contributed by atoms with Crippen molar-refractivity contribution in [3.63, 3.8) is 0 Å². The standard InChI is InChI=1S/C17H15N5OS/c1-2-23-15-7-5-14(6-8-15)22-16(13-4-3-10-19-12-13)20-21-17(22)24-11-9-18/h3-8,10,12H,2,11H2,1H3. The quantitative estimate of drug-likeness (QED) is 0.642. The fraction of sp³-hybridized carbons (Fsp3) is 0.176. The monoisotopic (exact) mass is 337 g/mol. The van der Waals surface area contributed by atoms with Crippen molar-refractivity contribution in [1.29, 1.82) is 5.26 Å². The Hall–Kier alpha value is -2.85. The Morgan fingerprint density at radius 1 is 1.21 bits per heavy atom. The highest BCUT2D eigenvalue weighted by molar-refractivity contribution is 7.99. The highest BCUT2D eigenvalue weighted by Crippen LogP contribution is 2.28. The first-order valence-electron chi connectivity index (χ1n) is 7.42. The van der Waals surface area contributed by atoms with Crippen molar-refractivity contribution in [2.75, 3.05) is 12.4 Å². The summed E-state index contributed by atoms with van der Waals surface area (Å²) in [5, 5.41) is 18.0. The van der Waals surface area contributed by atoms with Gasteiger partial charge in [-0.15, -0.1) is 10.2 Å². The number of benzene rings is 1. The van der Waals surface area contributed by atoms with Gasteiger partial charge in [0.2, 0.25) is 0 Å². The maximum atomic E-state index is 8.85. The Labute approximate surface area is 144 Å². The summed E-state index contributed by atoms with van der Waals surface area (Å²) >= 11 is 1.35. The van der Waals surface area contributed by atoms with E-state index in [1.807, 2.05) is 47.9 Å². The molecule has 2 heterocycles. The Balaban J connectivity index is 2.06. The second-order valence-corrected chi connectivity index (χ2v) is 5.70. The lowest BCUT2D eigenvalue weighted by Crippen LogP contribution is -2.00. The average Bonchev–Trinajstić information content (AvgIpc) is 3.05. The van der Waals surface area contributed by atoms with E-state index in [1.54, 1.807) is 12.4 Å². The first-order chi connectivity index (χ1) is 11.8. The van der Waals surface area contributed by atoms with Crippen LogP contribution in [-0.2, 0) is 0 Å². The zero-order valence-corrected chi connectivity index (χ0v) is 13.9. The summed E-state index contributed by atoms with van der Waals surface area (Å²) in [5.41, 5.74) is 1.77. The third-order valence-electron chi connectivity index (χ3n) is 3.22. The largest absolute Gasteiger partial charge is 0.494 e. The molecule has 0 spiro atoms. The Kier molecular flexibility index (Phi) is 5.08. The van der Waals surface area contributed by atoms with Crippen molar-refractivity contribution in [1.82, 2.24) is 19.7 Å². The first kappa shape index (κ1) is 16.0. The number of pyridine rings is 1. The Morgan fingerprint density at radius 2 is 2.04 bits per heavy atom. The number of thioether (sulfide) groups is 1. The molecule has 0 aliphatic heterocycles. The van der Waals surface area contributed by atoms with Gasteiger partial charge in [-0.25, -0.2) is 0 Å². The van der Waals surface area contributed by atoms with Crippen LogP contribution in [0.1, 0.15) is 6.92 Å². The Morgan fingerprint density at radius 3 is 2.71 bits per heavy atom. The lowest BCUT2D eigenvalue weighted by atomic mass is 10.2. The second kappa shape index (κ2) is 7.62. The van der Waals surface area contributed by atoms with Gasteiger partial charge in [-0.2, -0.15) is 5.26 Å². The van der Waals surface area contributed by atoms with Crippen molar-refractivity contribution in [2.45, 2.75) is 12.1 Å². The molecule has 2 aromatic heterocycles. The minimum atomic E-state index is 0.308. The van der Waals surface area contributed by atoms with Gasteiger partial charge in [0, 0.05) is 23.6 Å². The van der Waals surface area contributed by atoms with E-state index in [2.05, 4.69) is 21.3 Å². The van der Waals surface area contributed by atoms with Crippen molar-refractivity contribution in [2.24, 2.45) is 0 Å². The van der Waals surface area contributed by atoms with Crippen LogP contribution in [-0.4, -0.2) is 32.1 Å². The van der Waals surface area contributed by atoms with Gasteiger partial charge in [-0.05, 0) is 43.3 Å². The number of ether oxygens (including phenoxy) is 1. The number of nitriles is 1. The molecule has 0 radical (unpaired) electrons. The van der Waals surface area contributed by atoms with Crippen molar-refractivity contribution in [3.05, 3.63) is 48.8 Å². The van der Waals surface area contributed by atoms with Gasteiger partial charge in [-0.1, -0.05) is 11.8 Å². The molecule has 0 saturated heterocycles. The van der Waals surface area contributed by atoms with Gasteiger partial charge in [0.05, 0.1) is 18.4 Å². The van der Waals surface area contributed by atoms with Gasteiger partial charge in [0.1, 0.15) is 5.75 Å². The van der Waals surface area contributed by atoms with Crippen LogP contribution < -0.4 is 4.74 Å². The van der Waals surface area contributed by atoms with Crippen molar-refractivity contribution in [3.8, 4) is 28.9 Å². The maximum Gasteiger partial charge on any atom is 0.197 e. The molecule has 0 saturated carbocycles. The third kappa shape index (κ3) is 3.39. The number of nitrogens with zero attached hydrogens (tertiary/aromatic N) is 5. The first-order valence-corrected chi connectivity index (χ1v) is 8.41. The molecule has 1 aromatic carbocycles. The minimum Gasteiger partial charge on any atom is -0.494 e. The van der Waals surface area contributed by atoms with E-state index in [4.69, 9.17) is 10.00 Å². The van der Waals surface area contributed by atoms with E-state index in [0.29, 0.717) is 23.3 Å². The van der Waals surface area contributed by atoms with Gasteiger partial charge in [0.15, 0.2) is 11.0 Å². The van der Waals surface area contributed by atoms with E-state index >= 15 is 0 Å². The number of rotatable bonds is 6. The van der Waals surface area contributed by atoms with Gasteiger partial charge >= 0.3 is 0 Å². The normalized spacial score (nSPS) is 10.3. The van der Waals surface area contributed by atoms with E-state index < -0.39 is 0 Å². The molecule has 120 valence electrons. The zero-order valence-electron chi connectivity index (χ0n) is 13.1. The molecule has 0 aliphatic rings. The van der Waals surface area contributed by atoms with Gasteiger partial charge in [-0.3, -0.25) is 9.55 Å². The zero-order chi connectivity index (χ0) is 16.8. The lowest BCUT2D eigenvalue weighted by Gasteiger charge is -2.10. The van der Waals surface area contributed by atoms with E-state index in [0.717, 1.165) is 17.0 Å². The number of hydrogen-bond donors (Lipinski definition) is 0. The summed E-state index contributed by atoms with van der Waals surface area (Å²) in [6.45, 7) is 2.57. The summed E-state index contributed by atoms with van der Waals surface area (Å²) in [7, 11) is 0. The molecular weight excluding hydrogens is 322 g/mol. The molecule has 7 heteroatoms. The van der Waals surface area contributed by atoms with E-state index in [-0.39, 0.29) is 0 Å². The summed E-state index contributed by atoms with van der Waals surface area (Å²) in [4.78, 5) is 4.15. The van der Waals surface area contributed by atoms with Crippen LogP contribution in [0.4, 0.5) is 0 Å². The van der Waals surface area contributed by atoms with Crippen LogP contribution in [0.2, 0.25) is 0 Å². The summed E-state index contributed by atoms with van der Waals surface area (Å²) in [5.74, 6) is 1.80. The molecular formula is C17H15N5OS. The molecule has 0 aliphatic carbocycles. The molecule has 0 atom stereocenters. The number of hydrogen-bond acceptors (Lipinski definition) is 6. The van der Waals surface area contributed by atoms with Crippen LogP contribution in [0.15, 0.2) is 53.9 Å². The predicted octanol–water partition coefficient (Wildman–Crippen LogP) is 3.34. The summed E-state index contributed by atoms with van der Waals surface area (Å²) in [6.07, 6.45) is 3.46. The molecule has 24 heavy (non-hydrogen) atoms. The molecule has 6 nitrogen and oxygen atoms in total. The molecule has 0 unspecified atom stereocenters. The number of aromatic nitrogens is 4. The lowest BCUT2D eigenvalue weighted by molar-refractivity contribution is 0.340. The summed E-state index contributed by atoms with van der Waals surface area (Å²) in [6, 6.07) is 13.6. The molecule has 0 bridgehead atoms. The van der Waals surface area contributed by atoms with Crippen LogP contribution in [0.25, 0.3) is 17.1 Å². The molecule has 0 fully saturated rings. The Bertz CT molecular complexity index is 840. The van der Waals surface area contributed by atoms with E-state index in [1.165, 1.54) is 11.8 Å². The molecule has 0 amide bonds. The average molecular weight is 337 g/mol. The SMILES string of the molecule is CCOc1ccc(-n2c(SCC#N)nnc2-c2cccnc2)cc1. The molecule has 3 aromatic rings. The summed E-state index contributed by atoms with van der Waals surface area (Å²) < 4.78 is 7.41. The maximum absolute atomic E-state index is 8.85. The van der Waals surface area contributed by atoms with Crippen molar-refractivity contribution < 1.29 is 4.74 Å². The van der Waals surface area contributed by atoms with Crippen LogP contribution in [0.5, 0.6) is 5.75 Å². The second-order valence-electron chi connectivity index (χ2n) is 4.76. The van der Waals surface area contributed by atoms with Crippen LogP contribution in [0, 0.1) is 11.3 Å². The fourth-order valence-electron chi connectivity index (χ4n) is 2.23. The van der Waals surface area contributed by atoms with Crippen LogP contribution >= 0.6 is 11.8 Å². The highest BCUT2D eigenvalue weighted by atomic mass is 32.2. The predicted molar refractivity (Wildman–Crippen MR) is 92.1 cm³/mol. The van der Waals surface area contributed by atoms with Crippen molar-refractivity contribution >= 4 is 11.8 Å². The fourth-order valence-corrected chi connectivity index (χ4v) is 2.85.